The first kappa shape index (κ1) is 20.9. The van der Waals surface area contributed by atoms with Gasteiger partial charge in [0.25, 0.3) is 0 Å². The van der Waals surface area contributed by atoms with Crippen LogP contribution in [-0.2, 0) is 11.3 Å². The number of anilines is 1. The van der Waals surface area contributed by atoms with E-state index in [9.17, 15) is 9.59 Å². The van der Waals surface area contributed by atoms with Gasteiger partial charge < -0.3 is 15.8 Å². The molecule has 0 aliphatic heterocycles. The number of nitrogens with two attached hydrogens (primary N) is 1. The second-order valence-electron chi connectivity index (χ2n) is 6.58. The molecule has 0 saturated carbocycles. The molecule has 0 atom stereocenters. The van der Waals surface area contributed by atoms with Crippen molar-refractivity contribution in [2.75, 3.05) is 5.32 Å². The normalized spacial score (nSPS) is 10.5. The highest BCUT2D eigenvalue weighted by Gasteiger charge is 2.10. The minimum Gasteiger partial charge on any atom is -0.439 e. The number of hydrogen-bond donors (Lipinski definition) is 2. The van der Waals surface area contributed by atoms with E-state index >= 15 is 0 Å². The Morgan fingerprint density at radius 2 is 1.91 bits per heavy atom. The van der Waals surface area contributed by atoms with Crippen molar-refractivity contribution in [3.63, 3.8) is 0 Å². The van der Waals surface area contributed by atoms with Crippen molar-refractivity contribution < 1.29 is 14.3 Å². The van der Waals surface area contributed by atoms with Gasteiger partial charge in [-0.05, 0) is 53.7 Å². The number of amides is 2. The van der Waals surface area contributed by atoms with E-state index in [-0.39, 0.29) is 18.3 Å². The molecule has 2 aromatic heterocycles. The van der Waals surface area contributed by atoms with Gasteiger partial charge in [-0.15, -0.1) is 10.2 Å². The van der Waals surface area contributed by atoms with Crippen LogP contribution in [0.3, 0.4) is 0 Å². The van der Waals surface area contributed by atoms with Crippen LogP contribution in [0.15, 0.2) is 66.9 Å². The number of carbonyl (C=O) groups is 2. The molecular weight excluding hydrogens is 434 g/mol. The fraction of sp³-hybridized carbons (Fsp3) is 0.0476. The summed E-state index contributed by atoms with van der Waals surface area (Å²) in [5.74, 6) is 0.186. The number of halogens is 1. The molecule has 0 aliphatic carbocycles. The molecule has 32 heavy (non-hydrogen) atoms. The molecule has 0 radical (unpaired) electrons. The van der Waals surface area contributed by atoms with E-state index in [2.05, 4.69) is 25.7 Å². The molecule has 2 amide bonds. The molecule has 0 saturated heterocycles. The molecule has 4 rings (SSSR count). The Kier molecular flexibility index (Phi) is 6.04. The number of hydrogen-bond acceptors (Lipinski definition) is 7. The molecule has 11 heteroatoms. The molecule has 4 aromatic rings. The van der Waals surface area contributed by atoms with Gasteiger partial charge in [0.1, 0.15) is 12.3 Å². The average molecular weight is 450 g/mol. The molecule has 2 heterocycles. The lowest BCUT2D eigenvalue weighted by Crippen LogP contribution is -2.20. The first-order valence-electron chi connectivity index (χ1n) is 9.34. The summed E-state index contributed by atoms with van der Waals surface area (Å²) in [7, 11) is 0. The topological polar surface area (TPSA) is 138 Å². The van der Waals surface area contributed by atoms with Gasteiger partial charge in [-0.3, -0.25) is 9.59 Å². The predicted octanol–water partition coefficient (Wildman–Crippen LogP) is 2.92. The number of ether oxygens (including phenoxy) is 1. The Morgan fingerprint density at radius 1 is 1.09 bits per heavy atom. The van der Waals surface area contributed by atoms with Crippen molar-refractivity contribution in [3.05, 3.63) is 77.4 Å². The molecule has 3 N–H and O–H groups in total. The van der Waals surface area contributed by atoms with Crippen LogP contribution in [-0.4, -0.2) is 37.0 Å². The third-order valence-corrected chi connectivity index (χ3v) is 4.45. The smallest absolute Gasteiger partial charge is 0.248 e. The predicted molar refractivity (Wildman–Crippen MR) is 116 cm³/mol. The van der Waals surface area contributed by atoms with Gasteiger partial charge in [-0.25, -0.2) is 4.98 Å². The summed E-state index contributed by atoms with van der Waals surface area (Å²) in [5.41, 5.74) is 6.79. The molecule has 0 fully saturated rings. The number of pyridine rings is 1. The number of carbonyl (C=O) groups excluding carboxylic acids is 2. The molecule has 0 aliphatic rings. The first-order valence-corrected chi connectivity index (χ1v) is 9.71. The molecule has 0 bridgehead atoms. The largest absolute Gasteiger partial charge is 0.439 e. The molecule has 10 nitrogen and oxygen atoms in total. The average Bonchev–Trinajstić information content (AvgIpc) is 3.24. The molecule has 0 spiro atoms. The maximum Gasteiger partial charge on any atom is 0.248 e. The van der Waals surface area contributed by atoms with Crippen LogP contribution in [0.4, 0.5) is 5.69 Å². The lowest BCUT2D eigenvalue weighted by Gasteiger charge is -2.07. The Hall–Kier alpha value is -4.31. The minimum absolute atomic E-state index is 0.126. The van der Waals surface area contributed by atoms with Crippen molar-refractivity contribution >= 4 is 29.1 Å². The quantitative estimate of drug-likeness (QED) is 0.442. The van der Waals surface area contributed by atoms with Crippen molar-refractivity contribution in [3.8, 4) is 23.0 Å². The summed E-state index contributed by atoms with van der Waals surface area (Å²) in [6.07, 6.45) is 1.44. The summed E-state index contributed by atoms with van der Waals surface area (Å²) in [6.45, 7) is -0.126. The third-order valence-electron chi connectivity index (χ3n) is 4.20. The van der Waals surface area contributed by atoms with Crippen molar-refractivity contribution in [2.45, 2.75) is 6.54 Å². The molecule has 0 unspecified atom stereocenters. The van der Waals surface area contributed by atoms with Crippen molar-refractivity contribution in [1.82, 2.24) is 25.2 Å². The van der Waals surface area contributed by atoms with Crippen LogP contribution in [0.25, 0.3) is 11.4 Å². The Labute approximate surface area is 187 Å². The van der Waals surface area contributed by atoms with E-state index in [1.807, 2.05) is 0 Å². The van der Waals surface area contributed by atoms with Gasteiger partial charge in [-0.1, -0.05) is 17.7 Å². The highest BCUT2D eigenvalue weighted by molar-refractivity contribution is 6.30. The SMILES string of the molecule is NC(=O)c1cccc(Oc2ccc(NC(=O)Cn3nnc(-c4ccc(Cl)cc4)n3)cn2)c1. The molecule has 2 aromatic carbocycles. The zero-order chi connectivity index (χ0) is 22.5. The third kappa shape index (κ3) is 5.24. The Bertz CT molecular complexity index is 1260. The number of primary amides is 1. The summed E-state index contributed by atoms with van der Waals surface area (Å²) < 4.78 is 5.60. The fourth-order valence-electron chi connectivity index (χ4n) is 2.70. The summed E-state index contributed by atoms with van der Waals surface area (Å²) in [6, 6.07) is 16.6. The van der Waals surface area contributed by atoms with E-state index in [1.54, 1.807) is 54.6 Å². The molecular formula is C21H16ClN7O3. The number of benzene rings is 2. The monoisotopic (exact) mass is 449 g/mol. The first-order chi connectivity index (χ1) is 15.5. The maximum absolute atomic E-state index is 12.3. The van der Waals surface area contributed by atoms with E-state index in [0.29, 0.717) is 27.8 Å². The van der Waals surface area contributed by atoms with Crippen LogP contribution in [0.1, 0.15) is 10.4 Å². The number of tetrazole rings is 1. The zero-order valence-corrected chi connectivity index (χ0v) is 17.2. The minimum atomic E-state index is -0.552. The summed E-state index contributed by atoms with van der Waals surface area (Å²) in [5, 5.41) is 15.3. The molecule has 160 valence electrons. The van der Waals surface area contributed by atoms with E-state index in [4.69, 9.17) is 22.1 Å². The lowest BCUT2D eigenvalue weighted by atomic mass is 10.2. The van der Waals surface area contributed by atoms with E-state index < -0.39 is 5.91 Å². The number of rotatable bonds is 7. The van der Waals surface area contributed by atoms with E-state index in [1.165, 1.54) is 17.1 Å². The Morgan fingerprint density at radius 3 is 2.62 bits per heavy atom. The summed E-state index contributed by atoms with van der Waals surface area (Å²) >= 11 is 5.87. The van der Waals surface area contributed by atoms with Crippen LogP contribution in [0.2, 0.25) is 5.02 Å². The highest BCUT2D eigenvalue weighted by atomic mass is 35.5. The van der Waals surface area contributed by atoms with E-state index in [0.717, 1.165) is 5.56 Å². The maximum atomic E-state index is 12.3. The number of nitrogens with zero attached hydrogens (tertiary/aromatic N) is 5. The fourth-order valence-corrected chi connectivity index (χ4v) is 2.83. The lowest BCUT2D eigenvalue weighted by molar-refractivity contribution is -0.117. The van der Waals surface area contributed by atoms with Crippen molar-refractivity contribution in [1.29, 1.82) is 0 Å². The van der Waals surface area contributed by atoms with Gasteiger partial charge >= 0.3 is 0 Å². The van der Waals surface area contributed by atoms with Gasteiger partial charge in [0.05, 0.1) is 11.9 Å². The van der Waals surface area contributed by atoms with Gasteiger partial charge in [0.15, 0.2) is 0 Å². The summed E-state index contributed by atoms with van der Waals surface area (Å²) in [4.78, 5) is 28.9. The highest BCUT2D eigenvalue weighted by Crippen LogP contribution is 2.21. The van der Waals surface area contributed by atoms with Crippen LogP contribution >= 0.6 is 11.6 Å². The zero-order valence-electron chi connectivity index (χ0n) is 16.5. The number of nitrogens with one attached hydrogen (secondary N) is 1. The second-order valence-corrected chi connectivity index (χ2v) is 7.01. The van der Waals surface area contributed by atoms with Crippen LogP contribution in [0, 0.1) is 0 Å². The number of aromatic nitrogens is 5. The standard InChI is InChI=1S/C21H16ClN7O3/c22-15-6-4-13(5-7-15)21-26-28-29(27-21)12-18(30)25-16-8-9-19(24-11-16)32-17-3-1-2-14(10-17)20(23)31/h1-11H,12H2,(H2,23,31)(H,25,30). The van der Waals surface area contributed by atoms with Gasteiger partial charge in [0.2, 0.25) is 23.5 Å². The van der Waals surface area contributed by atoms with Crippen LogP contribution in [0.5, 0.6) is 11.6 Å². The van der Waals surface area contributed by atoms with Gasteiger partial charge in [-0.2, -0.15) is 4.80 Å². The Balaban J connectivity index is 1.34. The van der Waals surface area contributed by atoms with Crippen molar-refractivity contribution in [2.24, 2.45) is 5.73 Å². The van der Waals surface area contributed by atoms with Gasteiger partial charge in [0, 0.05) is 22.2 Å². The van der Waals surface area contributed by atoms with Crippen LogP contribution < -0.4 is 15.8 Å². The second kappa shape index (κ2) is 9.23.